The Balaban J connectivity index is 1.41. The maximum atomic E-state index is 13.9. The number of rotatable bonds is 7. The number of hydrogen-bond acceptors (Lipinski definition) is 3. The molecular formula is C31H42F3N3O. The first-order chi connectivity index (χ1) is 18.2. The molecule has 2 aliphatic carbocycles. The second-order valence-electron chi connectivity index (χ2n) is 11.3. The van der Waals surface area contributed by atoms with Crippen molar-refractivity contribution in [3.8, 4) is 0 Å². The molecule has 2 fully saturated rings. The van der Waals surface area contributed by atoms with Crippen LogP contribution in [0.25, 0.3) is 0 Å². The summed E-state index contributed by atoms with van der Waals surface area (Å²) in [4.78, 5) is 19.7. The molecule has 2 heterocycles. The maximum Gasteiger partial charge on any atom is 0.417 e. The van der Waals surface area contributed by atoms with Gasteiger partial charge in [0, 0.05) is 43.5 Å². The topological polar surface area (TPSA) is 45.2 Å². The minimum Gasteiger partial charge on any atom is -0.337 e. The van der Waals surface area contributed by atoms with Gasteiger partial charge in [-0.15, -0.1) is 0 Å². The fraction of sp³-hybridized carbons (Fsp3) is 0.613. The zero-order chi connectivity index (χ0) is 27.3. The summed E-state index contributed by atoms with van der Waals surface area (Å²) in [6.45, 7) is 8.70. The summed E-state index contributed by atoms with van der Waals surface area (Å²) in [6.07, 6.45) is 14.4. The molecule has 1 aromatic rings. The van der Waals surface area contributed by atoms with Crippen LogP contribution in [-0.4, -0.2) is 34.4 Å². The van der Waals surface area contributed by atoms with Crippen molar-refractivity contribution < 1.29 is 18.0 Å². The summed E-state index contributed by atoms with van der Waals surface area (Å²) in [7, 11) is 0. The first kappa shape index (κ1) is 28.6. The minimum atomic E-state index is -4.43. The third-order valence-electron chi connectivity index (χ3n) is 9.02. The molecular weight excluding hydrogens is 487 g/mol. The molecule has 7 heteroatoms. The Hall–Kier alpha value is -2.41. The van der Waals surface area contributed by atoms with Crippen molar-refractivity contribution in [3.63, 3.8) is 0 Å². The summed E-state index contributed by atoms with van der Waals surface area (Å²) in [5.41, 5.74) is 1.37. The fourth-order valence-corrected chi connectivity index (χ4v) is 6.82. The lowest BCUT2D eigenvalue weighted by atomic mass is 9.81. The summed E-state index contributed by atoms with van der Waals surface area (Å²) in [5, 5.41) is 3.93. The molecule has 0 aromatic carbocycles. The largest absolute Gasteiger partial charge is 0.417 e. The SMILES string of the molecule is C=C/C=C\C(=C/C)C1CCCCC(NC2CCC(CC)(C(=O)N3CCc4ncc(C(F)(F)F)cc4C3)C2)C1. The van der Waals surface area contributed by atoms with E-state index in [4.69, 9.17) is 0 Å². The van der Waals surface area contributed by atoms with Gasteiger partial charge in [-0.3, -0.25) is 9.78 Å². The van der Waals surface area contributed by atoms with Crippen molar-refractivity contribution in [2.45, 2.75) is 103 Å². The second-order valence-corrected chi connectivity index (χ2v) is 11.3. The quantitative estimate of drug-likeness (QED) is 0.301. The van der Waals surface area contributed by atoms with E-state index in [1.165, 1.54) is 30.9 Å². The Kier molecular flexibility index (Phi) is 9.17. The predicted octanol–water partition coefficient (Wildman–Crippen LogP) is 7.16. The van der Waals surface area contributed by atoms with Crippen LogP contribution in [-0.2, 0) is 23.9 Å². The monoisotopic (exact) mass is 529 g/mol. The van der Waals surface area contributed by atoms with Crippen molar-refractivity contribution in [2.24, 2.45) is 11.3 Å². The lowest BCUT2D eigenvalue weighted by molar-refractivity contribution is -0.143. The summed E-state index contributed by atoms with van der Waals surface area (Å²) >= 11 is 0. The van der Waals surface area contributed by atoms with Crippen LogP contribution in [0.2, 0.25) is 0 Å². The van der Waals surface area contributed by atoms with Crippen molar-refractivity contribution >= 4 is 5.91 Å². The van der Waals surface area contributed by atoms with Crippen LogP contribution < -0.4 is 5.32 Å². The van der Waals surface area contributed by atoms with E-state index in [0.717, 1.165) is 44.7 Å². The molecule has 0 saturated heterocycles. The fourth-order valence-electron chi connectivity index (χ4n) is 6.82. The van der Waals surface area contributed by atoms with Gasteiger partial charge in [0.2, 0.25) is 5.91 Å². The standard InChI is InChI=1S/C31H42F3N3O/c1-4-7-10-22(5-2)23-11-8-9-12-26(18-23)36-27-13-15-30(6-3,19-27)29(38)37-16-14-28-24(21-37)17-25(20-35-28)31(32,33)34/h4-5,7,10,17,20,23,26-27,36H,1,6,8-9,11-16,18-19,21H2,2-3H3/b10-7-,22-5+. The van der Waals surface area contributed by atoms with Gasteiger partial charge in [0.05, 0.1) is 11.0 Å². The van der Waals surface area contributed by atoms with Crippen molar-refractivity contribution in [3.05, 3.63) is 65.5 Å². The molecule has 1 aliphatic heterocycles. The predicted molar refractivity (Wildman–Crippen MR) is 145 cm³/mol. The van der Waals surface area contributed by atoms with Crippen molar-refractivity contribution in [1.29, 1.82) is 0 Å². The van der Waals surface area contributed by atoms with Crippen molar-refractivity contribution in [2.75, 3.05) is 6.54 Å². The molecule has 1 N–H and O–H groups in total. The number of alkyl halides is 3. The Labute approximate surface area is 225 Å². The zero-order valence-electron chi connectivity index (χ0n) is 22.8. The average molecular weight is 530 g/mol. The first-order valence-corrected chi connectivity index (χ1v) is 14.2. The van der Waals surface area contributed by atoms with Gasteiger partial charge in [0.15, 0.2) is 0 Å². The molecule has 1 aromatic heterocycles. The number of aromatic nitrogens is 1. The van der Waals surface area contributed by atoms with E-state index in [1.54, 1.807) is 4.90 Å². The number of pyridine rings is 1. The summed E-state index contributed by atoms with van der Waals surface area (Å²) in [5.74, 6) is 0.621. The summed E-state index contributed by atoms with van der Waals surface area (Å²) in [6, 6.07) is 1.89. The van der Waals surface area contributed by atoms with Crippen LogP contribution in [0.1, 0.15) is 88.5 Å². The van der Waals surface area contributed by atoms with E-state index in [1.807, 2.05) is 12.2 Å². The van der Waals surface area contributed by atoms with E-state index in [2.05, 4.69) is 42.9 Å². The maximum absolute atomic E-state index is 13.9. The van der Waals surface area contributed by atoms with E-state index in [-0.39, 0.29) is 18.5 Å². The lowest BCUT2D eigenvalue weighted by Gasteiger charge is -2.37. The van der Waals surface area contributed by atoms with E-state index >= 15 is 0 Å². The number of allylic oxidation sites excluding steroid dienone is 5. The van der Waals surface area contributed by atoms with E-state index in [9.17, 15) is 18.0 Å². The zero-order valence-corrected chi connectivity index (χ0v) is 22.8. The van der Waals surface area contributed by atoms with Gasteiger partial charge >= 0.3 is 6.18 Å². The number of carbonyl (C=O) groups is 1. The molecule has 3 aliphatic rings. The minimum absolute atomic E-state index is 0.0943. The van der Waals surface area contributed by atoms with Gasteiger partial charge in [-0.25, -0.2) is 0 Å². The van der Waals surface area contributed by atoms with E-state index < -0.39 is 17.2 Å². The number of halogens is 3. The van der Waals surface area contributed by atoms with Gasteiger partial charge in [-0.05, 0) is 75.0 Å². The van der Waals surface area contributed by atoms with Gasteiger partial charge in [-0.1, -0.05) is 50.6 Å². The van der Waals surface area contributed by atoms with Crippen LogP contribution in [0, 0.1) is 11.3 Å². The Morgan fingerprint density at radius 1 is 1.26 bits per heavy atom. The molecule has 4 nitrogen and oxygen atoms in total. The van der Waals surface area contributed by atoms with Gasteiger partial charge in [0.25, 0.3) is 0 Å². The Morgan fingerprint density at radius 3 is 2.76 bits per heavy atom. The molecule has 1 amide bonds. The highest BCUT2D eigenvalue weighted by atomic mass is 19.4. The number of nitrogens with zero attached hydrogens (tertiary/aromatic N) is 2. The highest BCUT2D eigenvalue weighted by Gasteiger charge is 2.46. The molecule has 4 unspecified atom stereocenters. The number of amides is 1. The molecule has 4 rings (SSSR count). The third kappa shape index (κ3) is 6.41. The average Bonchev–Trinajstić information content (AvgIpc) is 3.19. The third-order valence-corrected chi connectivity index (χ3v) is 9.02. The highest BCUT2D eigenvalue weighted by molar-refractivity contribution is 5.83. The lowest BCUT2D eigenvalue weighted by Crippen LogP contribution is -2.46. The summed E-state index contributed by atoms with van der Waals surface area (Å²) < 4.78 is 39.7. The van der Waals surface area contributed by atoms with Crippen LogP contribution in [0.3, 0.4) is 0 Å². The smallest absolute Gasteiger partial charge is 0.337 e. The highest BCUT2D eigenvalue weighted by Crippen LogP contribution is 2.44. The molecule has 0 radical (unpaired) electrons. The van der Waals surface area contributed by atoms with Crippen LogP contribution in [0.4, 0.5) is 13.2 Å². The molecule has 38 heavy (non-hydrogen) atoms. The Morgan fingerprint density at radius 2 is 2.05 bits per heavy atom. The number of fused-ring (bicyclic) bond motifs is 1. The molecule has 2 saturated carbocycles. The normalized spacial score (nSPS) is 28.8. The second kappa shape index (κ2) is 12.2. The molecule has 4 atom stereocenters. The van der Waals surface area contributed by atoms with Gasteiger partial charge in [-0.2, -0.15) is 13.2 Å². The molecule has 0 bridgehead atoms. The number of carbonyl (C=O) groups excluding carboxylic acids is 1. The van der Waals surface area contributed by atoms with Gasteiger partial charge < -0.3 is 10.2 Å². The Bertz CT molecular complexity index is 1060. The van der Waals surface area contributed by atoms with Crippen molar-refractivity contribution in [1.82, 2.24) is 15.2 Å². The number of nitrogens with one attached hydrogen (secondary N) is 1. The first-order valence-electron chi connectivity index (χ1n) is 14.2. The van der Waals surface area contributed by atoms with Crippen LogP contribution in [0.15, 0.2) is 48.7 Å². The molecule has 208 valence electrons. The number of hydrogen-bond donors (Lipinski definition) is 1. The van der Waals surface area contributed by atoms with Gasteiger partial charge in [0.1, 0.15) is 0 Å². The molecule has 0 spiro atoms. The van der Waals surface area contributed by atoms with E-state index in [0.29, 0.717) is 36.2 Å². The van der Waals surface area contributed by atoms with Crippen LogP contribution in [0.5, 0.6) is 0 Å². The van der Waals surface area contributed by atoms with Crippen LogP contribution >= 0.6 is 0 Å².